The predicted octanol–water partition coefficient (Wildman–Crippen LogP) is 5.60. The summed E-state index contributed by atoms with van der Waals surface area (Å²) in [6.45, 7) is 9.42. The van der Waals surface area contributed by atoms with Crippen LogP contribution in [0.4, 0.5) is 0 Å². The predicted molar refractivity (Wildman–Crippen MR) is 160 cm³/mol. The standard InChI is InChI=1S/C31H42Cl2N4O2/c1-3-23(24-7-5-4-6-8-24)21-37-18-13-26(20-34-30(38)25-9-10-27(32)28(33)19-25)35-29(31(37)39)14-17-36-15-11-22(2)12-16-36/h4-10,19,22-23,26,29,35H,3,11-18,20-21H2,1-2H3,(H,34,38). The Bertz CT molecular complexity index is 1090. The molecule has 2 aromatic carbocycles. The Kier molecular flexibility index (Phi) is 11.1. The maximum Gasteiger partial charge on any atom is 0.251 e. The van der Waals surface area contributed by atoms with E-state index in [9.17, 15) is 9.59 Å². The Morgan fingerprint density at radius 2 is 1.79 bits per heavy atom. The third-order valence-corrected chi connectivity index (χ3v) is 9.04. The molecule has 2 aliphatic heterocycles. The number of hydrogen-bond donors (Lipinski definition) is 2. The molecule has 2 aliphatic rings. The molecule has 2 heterocycles. The van der Waals surface area contributed by atoms with Gasteiger partial charge >= 0.3 is 0 Å². The summed E-state index contributed by atoms with van der Waals surface area (Å²) in [6.07, 6.45) is 4.95. The first-order valence-corrected chi connectivity index (χ1v) is 15.1. The summed E-state index contributed by atoms with van der Waals surface area (Å²) < 4.78 is 0. The number of rotatable bonds is 10. The fourth-order valence-electron chi connectivity index (χ4n) is 5.64. The van der Waals surface area contributed by atoms with Crippen LogP contribution in [0, 0.1) is 5.92 Å². The van der Waals surface area contributed by atoms with Crippen LogP contribution < -0.4 is 10.6 Å². The van der Waals surface area contributed by atoms with E-state index >= 15 is 0 Å². The molecule has 3 atom stereocenters. The topological polar surface area (TPSA) is 64.7 Å². The maximum atomic E-state index is 13.9. The molecule has 0 aliphatic carbocycles. The van der Waals surface area contributed by atoms with Gasteiger partial charge in [0.25, 0.3) is 5.91 Å². The zero-order valence-corrected chi connectivity index (χ0v) is 24.7. The van der Waals surface area contributed by atoms with Crippen molar-refractivity contribution in [2.45, 2.75) is 64.0 Å². The number of nitrogens with one attached hydrogen (secondary N) is 2. The molecule has 0 bridgehead atoms. The molecule has 0 spiro atoms. The first-order valence-electron chi connectivity index (χ1n) is 14.4. The summed E-state index contributed by atoms with van der Waals surface area (Å²) in [5.74, 6) is 1.05. The van der Waals surface area contributed by atoms with Gasteiger partial charge in [-0.2, -0.15) is 0 Å². The summed E-state index contributed by atoms with van der Waals surface area (Å²) in [5, 5.41) is 7.44. The van der Waals surface area contributed by atoms with Crippen molar-refractivity contribution >= 4 is 35.0 Å². The van der Waals surface area contributed by atoms with E-state index < -0.39 is 0 Å². The van der Waals surface area contributed by atoms with Crippen molar-refractivity contribution in [1.82, 2.24) is 20.4 Å². The monoisotopic (exact) mass is 572 g/mol. The number of hydrogen-bond acceptors (Lipinski definition) is 4. The summed E-state index contributed by atoms with van der Waals surface area (Å²) >= 11 is 12.1. The van der Waals surface area contributed by atoms with E-state index in [2.05, 4.69) is 58.5 Å². The Hall–Kier alpha value is -2.12. The van der Waals surface area contributed by atoms with Crippen molar-refractivity contribution in [2.24, 2.45) is 5.92 Å². The quantitative estimate of drug-likeness (QED) is 0.389. The number of amides is 2. The fraction of sp³-hybridized carbons (Fsp3) is 0.548. The maximum absolute atomic E-state index is 13.9. The first-order chi connectivity index (χ1) is 18.8. The van der Waals surface area contributed by atoms with Crippen LogP contribution >= 0.6 is 23.2 Å². The Morgan fingerprint density at radius 1 is 1.05 bits per heavy atom. The van der Waals surface area contributed by atoms with E-state index in [0.717, 1.165) is 44.8 Å². The molecule has 2 aromatic rings. The SMILES string of the molecule is CCC(CN1CCC(CNC(=O)c2ccc(Cl)c(Cl)c2)NC(CCN2CCC(C)CC2)C1=O)c1ccccc1. The van der Waals surface area contributed by atoms with Crippen LogP contribution in [0.2, 0.25) is 10.0 Å². The average molecular weight is 574 g/mol. The van der Waals surface area contributed by atoms with E-state index in [4.69, 9.17) is 23.2 Å². The number of halogens is 2. The summed E-state index contributed by atoms with van der Waals surface area (Å²) in [4.78, 5) is 31.2. The minimum absolute atomic E-state index is 0.00569. The van der Waals surface area contributed by atoms with E-state index in [1.165, 1.54) is 18.4 Å². The van der Waals surface area contributed by atoms with Gasteiger partial charge in [-0.25, -0.2) is 0 Å². The molecular weight excluding hydrogens is 531 g/mol. The van der Waals surface area contributed by atoms with Crippen LogP contribution in [-0.2, 0) is 4.79 Å². The summed E-state index contributed by atoms with van der Waals surface area (Å²) in [7, 11) is 0. The van der Waals surface area contributed by atoms with Gasteiger partial charge in [-0.15, -0.1) is 0 Å². The van der Waals surface area contributed by atoms with Gasteiger partial charge in [0.05, 0.1) is 16.1 Å². The molecule has 2 amide bonds. The lowest BCUT2D eigenvalue weighted by molar-refractivity contribution is -0.133. The molecule has 4 rings (SSSR count). The van der Waals surface area contributed by atoms with Gasteiger partial charge in [-0.3, -0.25) is 9.59 Å². The minimum atomic E-state index is -0.271. The molecule has 3 unspecified atom stereocenters. The number of nitrogens with zero attached hydrogens (tertiary/aromatic N) is 2. The van der Waals surface area contributed by atoms with Crippen molar-refractivity contribution in [1.29, 1.82) is 0 Å². The van der Waals surface area contributed by atoms with Gasteiger partial charge in [0.15, 0.2) is 0 Å². The second-order valence-corrected chi connectivity index (χ2v) is 12.0. The van der Waals surface area contributed by atoms with Crippen molar-refractivity contribution < 1.29 is 9.59 Å². The number of benzene rings is 2. The van der Waals surface area contributed by atoms with Crippen LogP contribution in [0.5, 0.6) is 0 Å². The van der Waals surface area contributed by atoms with Crippen LogP contribution in [0.1, 0.15) is 67.8 Å². The van der Waals surface area contributed by atoms with Gasteiger partial charge in [0.2, 0.25) is 5.91 Å². The van der Waals surface area contributed by atoms with Crippen molar-refractivity contribution in [3.05, 3.63) is 69.7 Å². The first kappa shape index (κ1) is 29.9. The molecule has 0 saturated carbocycles. The molecule has 0 aromatic heterocycles. The highest BCUT2D eigenvalue weighted by Crippen LogP contribution is 2.24. The van der Waals surface area contributed by atoms with Crippen LogP contribution in [-0.4, -0.2) is 73.0 Å². The highest BCUT2D eigenvalue weighted by atomic mass is 35.5. The Labute approximate surface area is 243 Å². The van der Waals surface area contributed by atoms with E-state index in [-0.39, 0.29) is 23.9 Å². The zero-order chi connectivity index (χ0) is 27.8. The van der Waals surface area contributed by atoms with Gasteiger partial charge in [0, 0.05) is 43.7 Å². The lowest BCUT2D eigenvalue weighted by Crippen LogP contribution is -2.50. The Morgan fingerprint density at radius 3 is 2.49 bits per heavy atom. The van der Waals surface area contributed by atoms with Crippen molar-refractivity contribution in [3.63, 3.8) is 0 Å². The molecule has 2 fully saturated rings. The van der Waals surface area contributed by atoms with E-state index in [0.29, 0.717) is 41.2 Å². The second-order valence-electron chi connectivity index (χ2n) is 11.2. The molecule has 8 heteroatoms. The van der Waals surface area contributed by atoms with Crippen molar-refractivity contribution in [2.75, 3.05) is 39.3 Å². The molecule has 2 saturated heterocycles. The largest absolute Gasteiger partial charge is 0.350 e. The van der Waals surface area contributed by atoms with Gasteiger partial charge in [-0.1, -0.05) is 67.4 Å². The normalized spacial score (nSPS) is 21.9. The number of piperidine rings is 1. The molecule has 6 nitrogen and oxygen atoms in total. The zero-order valence-electron chi connectivity index (χ0n) is 23.2. The van der Waals surface area contributed by atoms with Gasteiger partial charge < -0.3 is 20.4 Å². The number of carbonyl (C=O) groups is 2. The van der Waals surface area contributed by atoms with Crippen LogP contribution in [0.15, 0.2) is 48.5 Å². The summed E-state index contributed by atoms with van der Waals surface area (Å²) in [5.41, 5.74) is 1.75. The molecule has 0 radical (unpaired) electrons. The average Bonchev–Trinajstić information content (AvgIpc) is 3.10. The highest BCUT2D eigenvalue weighted by molar-refractivity contribution is 6.42. The third-order valence-electron chi connectivity index (χ3n) is 8.30. The molecule has 2 N–H and O–H groups in total. The van der Waals surface area contributed by atoms with E-state index in [1.807, 2.05) is 6.07 Å². The highest BCUT2D eigenvalue weighted by Gasteiger charge is 2.32. The minimum Gasteiger partial charge on any atom is -0.350 e. The fourth-order valence-corrected chi connectivity index (χ4v) is 5.94. The van der Waals surface area contributed by atoms with Crippen molar-refractivity contribution in [3.8, 4) is 0 Å². The van der Waals surface area contributed by atoms with Gasteiger partial charge in [0.1, 0.15) is 0 Å². The summed E-state index contributed by atoms with van der Waals surface area (Å²) in [6, 6.07) is 15.1. The number of carbonyl (C=O) groups excluding carboxylic acids is 2. The lowest BCUT2D eigenvalue weighted by atomic mass is 9.95. The smallest absolute Gasteiger partial charge is 0.251 e. The van der Waals surface area contributed by atoms with Crippen LogP contribution in [0.25, 0.3) is 0 Å². The second kappa shape index (κ2) is 14.5. The van der Waals surface area contributed by atoms with Crippen LogP contribution in [0.3, 0.4) is 0 Å². The Balaban J connectivity index is 1.43. The molecule has 39 heavy (non-hydrogen) atoms. The molecule has 212 valence electrons. The third kappa shape index (κ3) is 8.43. The molecular formula is C31H42Cl2N4O2. The van der Waals surface area contributed by atoms with E-state index in [1.54, 1.807) is 18.2 Å². The van der Waals surface area contributed by atoms with Gasteiger partial charge in [-0.05, 0) is 74.9 Å². The lowest BCUT2D eigenvalue weighted by Gasteiger charge is -2.32. The number of likely N-dealkylation sites (tertiary alicyclic amines) is 1.